The quantitative estimate of drug-likeness (QED) is 0.423. The van der Waals surface area contributed by atoms with Gasteiger partial charge < -0.3 is 4.74 Å². The van der Waals surface area contributed by atoms with Crippen LogP contribution in [-0.2, 0) is 24.8 Å². The fourth-order valence-electron chi connectivity index (χ4n) is 3.29. The number of nitrogens with zero attached hydrogens (tertiary/aromatic N) is 2. The van der Waals surface area contributed by atoms with Gasteiger partial charge in [0.1, 0.15) is 4.83 Å². The molecule has 0 saturated heterocycles. The zero-order chi connectivity index (χ0) is 21.5. The lowest BCUT2D eigenvalue weighted by atomic mass is 9.94. The largest absolute Gasteiger partial charge is 0.370 e. The first-order valence-corrected chi connectivity index (χ1v) is 10.6. The van der Waals surface area contributed by atoms with E-state index in [1.165, 1.54) is 15.9 Å². The maximum atomic E-state index is 13.0. The standard InChI is InChI=1S/C20H21N5O3S2/c1-20(2)9-12-13(10-28-20)30-16-14(12)17(27)25(3)18(22-16)23-24-19(29)21-15(26)11-7-5-4-6-8-11/h4-8H,9-10H2,1-3H3,(H,22,23)(H2,21,24,26,29). The maximum absolute atomic E-state index is 13.0. The number of carbonyl (C=O) groups excluding carboxylic acids is 1. The molecule has 0 spiro atoms. The van der Waals surface area contributed by atoms with Gasteiger partial charge in [-0.1, -0.05) is 18.2 Å². The average molecular weight is 444 g/mol. The maximum Gasteiger partial charge on any atom is 0.263 e. The Labute approximate surface area is 182 Å². The number of aromatic nitrogens is 2. The molecule has 3 N–H and O–H groups in total. The van der Waals surface area contributed by atoms with Crippen molar-refractivity contribution < 1.29 is 9.53 Å². The highest BCUT2D eigenvalue weighted by atomic mass is 32.1. The second-order valence-electron chi connectivity index (χ2n) is 7.61. The average Bonchev–Trinajstić information content (AvgIpc) is 3.06. The molecule has 0 radical (unpaired) electrons. The van der Waals surface area contributed by atoms with Crippen LogP contribution in [0.1, 0.15) is 34.6 Å². The lowest BCUT2D eigenvalue weighted by molar-refractivity contribution is -0.0379. The van der Waals surface area contributed by atoms with E-state index in [0.717, 1.165) is 10.4 Å². The molecule has 156 valence electrons. The van der Waals surface area contributed by atoms with E-state index < -0.39 is 0 Å². The third-order valence-electron chi connectivity index (χ3n) is 4.86. The predicted molar refractivity (Wildman–Crippen MR) is 121 cm³/mol. The molecule has 10 heteroatoms. The van der Waals surface area contributed by atoms with Crippen LogP contribution in [0.3, 0.4) is 0 Å². The minimum Gasteiger partial charge on any atom is -0.370 e. The summed E-state index contributed by atoms with van der Waals surface area (Å²) < 4.78 is 7.29. The first-order valence-electron chi connectivity index (χ1n) is 9.33. The number of hydrogen-bond donors (Lipinski definition) is 3. The minimum atomic E-state index is -0.333. The van der Waals surface area contributed by atoms with Crippen molar-refractivity contribution in [2.45, 2.75) is 32.5 Å². The molecule has 0 atom stereocenters. The number of thiophene rings is 1. The number of rotatable bonds is 3. The smallest absolute Gasteiger partial charge is 0.263 e. The summed E-state index contributed by atoms with van der Waals surface area (Å²) >= 11 is 6.62. The highest BCUT2D eigenvalue weighted by Crippen LogP contribution is 2.37. The minimum absolute atomic E-state index is 0.0684. The summed E-state index contributed by atoms with van der Waals surface area (Å²) in [4.78, 5) is 31.5. The molecule has 8 nitrogen and oxygen atoms in total. The van der Waals surface area contributed by atoms with Crippen LogP contribution in [0.4, 0.5) is 5.95 Å². The summed E-state index contributed by atoms with van der Waals surface area (Å²) in [5, 5.41) is 3.28. The third-order valence-corrected chi connectivity index (χ3v) is 6.17. The SMILES string of the molecule is Cn1c(NNC(=S)NC(=O)c2ccccc2)nc2sc3c(c2c1=O)CC(C)(C)OC3. The van der Waals surface area contributed by atoms with Crippen molar-refractivity contribution in [2.24, 2.45) is 7.05 Å². The summed E-state index contributed by atoms with van der Waals surface area (Å²) in [5.74, 6) is -0.0386. The van der Waals surface area contributed by atoms with Crippen molar-refractivity contribution in [2.75, 3.05) is 5.43 Å². The Morgan fingerprint density at radius 2 is 2.03 bits per heavy atom. The van der Waals surface area contributed by atoms with E-state index in [4.69, 9.17) is 17.0 Å². The highest BCUT2D eigenvalue weighted by molar-refractivity contribution is 7.80. The Bertz CT molecular complexity index is 1200. The fourth-order valence-corrected chi connectivity index (χ4v) is 4.53. The topological polar surface area (TPSA) is 97.3 Å². The second kappa shape index (κ2) is 7.78. The van der Waals surface area contributed by atoms with Crippen LogP contribution in [-0.4, -0.2) is 26.2 Å². The van der Waals surface area contributed by atoms with Crippen LogP contribution in [0, 0.1) is 0 Å². The molecule has 4 rings (SSSR count). The van der Waals surface area contributed by atoms with Crippen molar-refractivity contribution in [1.29, 1.82) is 0 Å². The molecule has 0 bridgehead atoms. The van der Waals surface area contributed by atoms with Gasteiger partial charge in [-0.05, 0) is 43.8 Å². The molecule has 1 aliphatic heterocycles. The molecule has 0 unspecified atom stereocenters. The Balaban J connectivity index is 1.53. The predicted octanol–water partition coefficient (Wildman–Crippen LogP) is 2.48. The van der Waals surface area contributed by atoms with Crippen molar-refractivity contribution in [3.05, 3.63) is 56.7 Å². The summed E-state index contributed by atoms with van der Waals surface area (Å²) in [6, 6.07) is 8.74. The van der Waals surface area contributed by atoms with Gasteiger partial charge in [-0.25, -0.2) is 4.98 Å². The van der Waals surface area contributed by atoms with E-state index in [9.17, 15) is 9.59 Å². The summed E-state index contributed by atoms with van der Waals surface area (Å²) in [6.07, 6.45) is 0.667. The number of thiocarbonyl (C=S) groups is 1. The van der Waals surface area contributed by atoms with Crippen molar-refractivity contribution in [3.63, 3.8) is 0 Å². The lowest BCUT2D eigenvalue weighted by Crippen LogP contribution is -2.43. The molecule has 3 heterocycles. The molecule has 0 aliphatic carbocycles. The van der Waals surface area contributed by atoms with Crippen molar-refractivity contribution in [1.82, 2.24) is 20.3 Å². The van der Waals surface area contributed by atoms with Gasteiger partial charge in [0.05, 0.1) is 17.6 Å². The molecule has 1 amide bonds. The van der Waals surface area contributed by atoms with E-state index in [-0.39, 0.29) is 22.2 Å². The normalized spacial score (nSPS) is 14.8. The number of fused-ring (bicyclic) bond motifs is 3. The number of hydrogen-bond acceptors (Lipinski definition) is 7. The zero-order valence-corrected chi connectivity index (χ0v) is 18.4. The van der Waals surface area contributed by atoms with Gasteiger partial charge in [0.15, 0.2) is 5.11 Å². The fraction of sp³-hybridized carbons (Fsp3) is 0.300. The monoisotopic (exact) mass is 443 g/mol. The van der Waals surface area contributed by atoms with Gasteiger partial charge in [0.2, 0.25) is 5.95 Å². The second-order valence-corrected chi connectivity index (χ2v) is 9.10. The van der Waals surface area contributed by atoms with E-state index >= 15 is 0 Å². The van der Waals surface area contributed by atoms with Crippen LogP contribution in [0.15, 0.2) is 35.1 Å². The van der Waals surface area contributed by atoms with E-state index in [1.807, 2.05) is 19.9 Å². The molecular weight excluding hydrogens is 422 g/mol. The number of hydrazine groups is 1. The van der Waals surface area contributed by atoms with E-state index in [2.05, 4.69) is 21.2 Å². The number of anilines is 1. The van der Waals surface area contributed by atoms with E-state index in [1.54, 1.807) is 31.3 Å². The molecule has 0 saturated carbocycles. The van der Waals surface area contributed by atoms with Crippen molar-refractivity contribution in [3.8, 4) is 0 Å². The van der Waals surface area contributed by atoms with Crippen LogP contribution >= 0.6 is 23.6 Å². The number of ether oxygens (including phenoxy) is 1. The molecular formula is C20H21N5O3S2. The lowest BCUT2D eigenvalue weighted by Gasteiger charge is -2.29. The van der Waals surface area contributed by atoms with Crippen LogP contribution in [0.25, 0.3) is 10.2 Å². The van der Waals surface area contributed by atoms with Crippen LogP contribution in [0.2, 0.25) is 0 Å². The van der Waals surface area contributed by atoms with Gasteiger partial charge in [-0.15, -0.1) is 11.3 Å². The van der Waals surface area contributed by atoms with Gasteiger partial charge >= 0.3 is 0 Å². The Kier molecular flexibility index (Phi) is 5.31. The van der Waals surface area contributed by atoms with E-state index in [0.29, 0.717) is 34.8 Å². The molecule has 2 aromatic heterocycles. The first-order chi connectivity index (χ1) is 14.2. The van der Waals surface area contributed by atoms with Crippen LogP contribution < -0.4 is 21.7 Å². The summed E-state index contributed by atoms with van der Waals surface area (Å²) in [5.41, 5.74) is 6.59. The summed E-state index contributed by atoms with van der Waals surface area (Å²) in [6.45, 7) is 4.51. The zero-order valence-electron chi connectivity index (χ0n) is 16.7. The molecule has 30 heavy (non-hydrogen) atoms. The van der Waals surface area contributed by atoms with Gasteiger partial charge in [-0.3, -0.25) is 30.3 Å². The van der Waals surface area contributed by atoms with Gasteiger partial charge in [0.25, 0.3) is 11.5 Å². The molecule has 1 aromatic carbocycles. The first kappa shape index (κ1) is 20.5. The van der Waals surface area contributed by atoms with Gasteiger partial charge in [0, 0.05) is 23.9 Å². The highest BCUT2D eigenvalue weighted by Gasteiger charge is 2.31. The molecule has 0 fully saturated rings. The number of carbonyl (C=O) groups is 1. The summed E-state index contributed by atoms with van der Waals surface area (Å²) in [7, 11) is 1.64. The molecule has 3 aromatic rings. The molecule has 1 aliphatic rings. The number of benzene rings is 1. The Morgan fingerprint density at radius 1 is 1.30 bits per heavy atom. The Hall–Kier alpha value is -2.82. The van der Waals surface area contributed by atoms with Gasteiger partial charge in [-0.2, -0.15) is 0 Å². The van der Waals surface area contributed by atoms with Crippen molar-refractivity contribution >= 4 is 50.7 Å². The van der Waals surface area contributed by atoms with Crippen LogP contribution in [0.5, 0.6) is 0 Å². The number of amides is 1. The number of nitrogens with one attached hydrogen (secondary N) is 3. The Morgan fingerprint density at radius 3 is 2.77 bits per heavy atom. The third kappa shape index (κ3) is 3.93.